The summed E-state index contributed by atoms with van der Waals surface area (Å²) in [6.07, 6.45) is 3.90. The Morgan fingerprint density at radius 1 is 1.12 bits per heavy atom. The largest absolute Gasteiger partial charge is 0.357 e. The predicted molar refractivity (Wildman–Crippen MR) is 119 cm³/mol. The van der Waals surface area contributed by atoms with E-state index >= 15 is 0 Å². The molecule has 2 aliphatic rings. The van der Waals surface area contributed by atoms with Crippen LogP contribution in [0, 0.1) is 5.92 Å². The molecule has 0 aromatic heterocycles. The number of piperazine rings is 1. The van der Waals surface area contributed by atoms with Gasteiger partial charge in [-0.3, -0.25) is 14.7 Å². The average Bonchev–Trinajstić information content (AvgIpc) is 2.59. The van der Waals surface area contributed by atoms with Crippen molar-refractivity contribution in [2.24, 2.45) is 10.9 Å². The van der Waals surface area contributed by atoms with Crippen LogP contribution in [-0.4, -0.2) is 85.0 Å². The molecule has 2 fully saturated rings. The fourth-order valence-corrected chi connectivity index (χ4v) is 3.83. The van der Waals surface area contributed by atoms with Gasteiger partial charge < -0.3 is 15.1 Å². The number of carbonyl (C=O) groups is 1. The molecule has 0 saturated carbocycles. The minimum absolute atomic E-state index is 0. The SMILES string of the molecule is CCNC(=NCC1CCCCN1CC(C)C)N1CCN(C(C)=O)CC1.I. The van der Waals surface area contributed by atoms with Crippen molar-refractivity contribution >= 4 is 35.8 Å². The molecule has 2 rings (SSSR count). The van der Waals surface area contributed by atoms with Crippen molar-refractivity contribution in [2.75, 3.05) is 52.4 Å². The van der Waals surface area contributed by atoms with Crippen molar-refractivity contribution in [3.8, 4) is 0 Å². The van der Waals surface area contributed by atoms with Crippen molar-refractivity contribution in [3.63, 3.8) is 0 Å². The number of hydrogen-bond acceptors (Lipinski definition) is 3. The number of piperidine rings is 1. The summed E-state index contributed by atoms with van der Waals surface area (Å²) in [5.41, 5.74) is 0. The van der Waals surface area contributed by atoms with Crippen LogP contribution in [0.25, 0.3) is 0 Å². The number of aliphatic imine (C=N–C) groups is 1. The summed E-state index contributed by atoms with van der Waals surface area (Å²) in [5, 5.41) is 3.45. The summed E-state index contributed by atoms with van der Waals surface area (Å²) in [4.78, 5) is 23.3. The Labute approximate surface area is 176 Å². The molecule has 2 aliphatic heterocycles. The summed E-state index contributed by atoms with van der Waals surface area (Å²) in [5.74, 6) is 1.89. The van der Waals surface area contributed by atoms with E-state index in [4.69, 9.17) is 4.99 Å². The molecule has 0 spiro atoms. The smallest absolute Gasteiger partial charge is 0.219 e. The normalized spacial score (nSPS) is 22.3. The molecule has 7 heteroatoms. The fourth-order valence-electron chi connectivity index (χ4n) is 3.83. The van der Waals surface area contributed by atoms with Crippen LogP contribution in [0.1, 0.15) is 47.0 Å². The lowest BCUT2D eigenvalue weighted by Crippen LogP contribution is -2.53. The molecule has 152 valence electrons. The highest BCUT2D eigenvalue weighted by Gasteiger charge is 2.24. The van der Waals surface area contributed by atoms with Gasteiger partial charge in [0.15, 0.2) is 5.96 Å². The summed E-state index contributed by atoms with van der Waals surface area (Å²) in [6.45, 7) is 15.8. The van der Waals surface area contributed by atoms with Crippen LogP contribution in [0.4, 0.5) is 0 Å². The maximum Gasteiger partial charge on any atom is 0.219 e. The zero-order chi connectivity index (χ0) is 18.2. The molecule has 1 amide bonds. The molecule has 26 heavy (non-hydrogen) atoms. The van der Waals surface area contributed by atoms with Gasteiger partial charge in [-0.05, 0) is 32.2 Å². The van der Waals surface area contributed by atoms with Crippen molar-refractivity contribution in [1.82, 2.24) is 20.0 Å². The van der Waals surface area contributed by atoms with Crippen LogP contribution < -0.4 is 5.32 Å². The molecule has 0 aromatic rings. The van der Waals surface area contributed by atoms with E-state index in [0.717, 1.165) is 45.2 Å². The van der Waals surface area contributed by atoms with E-state index in [1.54, 1.807) is 6.92 Å². The topological polar surface area (TPSA) is 51.2 Å². The highest BCUT2D eigenvalue weighted by atomic mass is 127. The second kappa shape index (κ2) is 12.0. The van der Waals surface area contributed by atoms with Crippen LogP contribution in [0.2, 0.25) is 0 Å². The monoisotopic (exact) mass is 479 g/mol. The zero-order valence-corrected chi connectivity index (χ0v) is 19.4. The number of likely N-dealkylation sites (tertiary alicyclic amines) is 1. The van der Waals surface area contributed by atoms with E-state index in [-0.39, 0.29) is 29.9 Å². The van der Waals surface area contributed by atoms with Crippen LogP contribution in [0.3, 0.4) is 0 Å². The number of nitrogens with one attached hydrogen (secondary N) is 1. The van der Waals surface area contributed by atoms with Crippen LogP contribution in [0.5, 0.6) is 0 Å². The Morgan fingerprint density at radius 2 is 1.77 bits per heavy atom. The van der Waals surface area contributed by atoms with Crippen molar-refractivity contribution in [3.05, 3.63) is 0 Å². The lowest BCUT2D eigenvalue weighted by atomic mass is 10.0. The number of hydrogen-bond donors (Lipinski definition) is 1. The molecule has 0 aromatic carbocycles. The molecular formula is C19H38IN5O. The van der Waals surface area contributed by atoms with Crippen LogP contribution >= 0.6 is 24.0 Å². The number of carbonyl (C=O) groups excluding carboxylic acids is 1. The van der Waals surface area contributed by atoms with E-state index < -0.39 is 0 Å². The van der Waals surface area contributed by atoms with Gasteiger partial charge in [-0.1, -0.05) is 20.3 Å². The molecular weight excluding hydrogens is 441 g/mol. The Kier molecular flexibility index (Phi) is 10.8. The second-order valence-electron chi connectivity index (χ2n) is 7.73. The van der Waals surface area contributed by atoms with E-state index in [2.05, 4.69) is 35.9 Å². The van der Waals surface area contributed by atoms with Crippen molar-refractivity contribution < 1.29 is 4.79 Å². The van der Waals surface area contributed by atoms with E-state index in [1.165, 1.54) is 32.4 Å². The Hall–Kier alpha value is -0.570. The molecule has 1 atom stereocenters. The van der Waals surface area contributed by atoms with Crippen molar-refractivity contribution in [1.29, 1.82) is 0 Å². The van der Waals surface area contributed by atoms with Crippen molar-refractivity contribution in [2.45, 2.75) is 53.0 Å². The minimum Gasteiger partial charge on any atom is -0.357 e. The highest BCUT2D eigenvalue weighted by molar-refractivity contribution is 14.0. The Bertz CT molecular complexity index is 449. The van der Waals surface area contributed by atoms with Crippen LogP contribution in [0.15, 0.2) is 4.99 Å². The molecule has 6 nitrogen and oxygen atoms in total. The maximum absolute atomic E-state index is 11.5. The summed E-state index contributed by atoms with van der Waals surface area (Å²) in [6, 6.07) is 0.573. The van der Waals surface area contributed by atoms with E-state index in [1.807, 2.05) is 4.90 Å². The number of halogens is 1. The Balaban J connectivity index is 0.00000338. The first kappa shape index (κ1) is 23.5. The van der Waals surface area contributed by atoms with Gasteiger partial charge in [0.2, 0.25) is 5.91 Å². The lowest BCUT2D eigenvalue weighted by molar-refractivity contribution is -0.130. The molecule has 1 unspecified atom stereocenters. The fraction of sp³-hybridized carbons (Fsp3) is 0.895. The molecule has 2 heterocycles. The highest BCUT2D eigenvalue weighted by Crippen LogP contribution is 2.19. The van der Waals surface area contributed by atoms with Gasteiger partial charge in [-0.25, -0.2) is 0 Å². The van der Waals surface area contributed by atoms with Gasteiger partial charge in [-0.2, -0.15) is 0 Å². The van der Waals surface area contributed by atoms with E-state index in [0.29, 0.717) is 12.0 Å². The summed E-state index contributed by atoms with van der Waals surface area (Å²) < 4.78 is 0. The van der Waals surface area contributed by atoms with Gasteiger partial charge in [0.05, 0.1) is 6.54 Å². The molecule has 1 N–H and O–H groups in total. The standard InChI is InChI=1S/C19H37N5O.HI/c1-5-20-19(23-12-10-22(11-13-23)17(4)25)21-14-18-8-6-7-9-24(18)15-16(2)3;/h16,18H,5-15H2,1-4H3,(H,20,21);1H. The third-order valence-electron chi connectivity index (χ3n) is 5.16. The third-order valence-corrected chi connectivity index (χ3v) is 5.16. The first-order chi connectivity index (χ1) is 12.0. The summed E-state index contributed by atoms with van der Waals surface area (Å²) in [7, 11) is 0. The third kappa shape index (κ3) is 7.21. The van der Waals surface area contributed by atoms with Gasteiger partial charge in [0.25, 0.3) is 0 Å². The number of amides is 1. The summed E-state index contributed by atoms with van der Waals surface area (Å²) >= 11 is 0. The predicted octanol–water partition coefficient (Wildman–Crippen LogP) is 2.24. The molecule has 0 radical (unpaired) electrons. The average molecular weight is 479 g/mol. The van der Waals surface area contributed by atoms with Gasteiger partial charge in [0, 0.05) is 52.2 Å². The van der Waals surface area contributed by atoms with Gasteiger partial charge >= 0.3 is 0 Å². The minimum atomic E-state index is 0. The number of guanidine groups is 1. The number of rotatable bonds is 5. The quantitative estimate of drug-likeness (QED) is 0.374. The van der Waals surface area contributed by atoms with Gasteiger partial charge in [0.1, 0.15) is 0 Å². The first-order valence-electron chi connectivity index (χ1n) is 10.0. The zero-order valence-electron chi connectivity index (χ0n) is 17.0. The molecule has 0 bridgehead atoms. The van der Waals surface area contributed by atoms with Crippen LogP contribution in [-0.2, 0) is 4.79 Å². The molecule has 0 aliphatic carbocycles. The lowest BCUT2D eigenvalue weighted by Gasteiger charge is -2.38. The Morgan fingerprint density at radius 3 is 2.35 bits per heavy atom. The second-order valence-corrected chi connectivity index (χ2v) is 7.73. The maximum atomic E-state index is 11.5. The van der Waals surface area contributed by atoms with E-state index in [9.17, 15) is 4.79 Å². The number of nitrogens with zero attached hydrogens (tertiary/aromatic N) is 4. The molecule has 2 saturated heterocycles. The first-order valence-corrected chi connectivity index (χ1v) is 10.0. The van der Waals surface area contributed by atoms with Gasteiger partial charge in [-0.15, -0.1) is 24.0 Å².